The standard InChI is InChI=1S/C11H13FN2OS2/c12-10-7-8(1-2-9(10)11(13)16)14-3-5-17(15)6-4-14/h1-2,7H,3-6H2,(H2,13,16). The summed E-state index contributed by atoms with van der Waals surface area (Å²) in [5, 5.41) is 0. The van der Waals surface area contributed by atoms with Crippen molar-refractivity contribution in [1.82, 2.24) is 0 Å². The minimum absolute atomic E-state index is 0.0637. The van der Waals surface area contributed by atoms with Crippen LogP contribution in [-0.2, 0) is 10.8 Å². The van der Waals surface area contributed by atoms with Crippen LogP contribution in [-0.4, -0.2) is 33.8 Å². The van der Waals surface area contributed by atoms with Gasteiger partial charge < -0.3 is 10.6 Å². The molecule has 1 saturated heterocycles. The van der Waals surface area contributed by atoms with E-state index in [4.69, 9.17) is 18.0 Å². The minimum atomic E-state index is -0.728. The molecular formula is C11H13FN2OS2. The second-order valence-corrected chi connectivity index (χ2v) is 6.00. The number of hydrogen-bond acceptors (Lipinski definition) is 3. The maximum Gasteiger partial charge on any atom is 0.135 e. The van der Waals surface area contributed by atoms with Crippen molar-refractivity contribution in [3.63, 3.8) is 0 Å². The van der Waals surface area contributed by atoms with Crippen LogP contribution in [0.25, 0.3) is 0 Å². The van der Waals surface area contributed by atoms with Gasteiger partial charge in [0.25, 0.3) is 0 Å². The first-order valence-electron chi connectivity index (χ1n) is 5.27. The van der Waals surface area contributed by atoms with Gasteiger partial charge in [-0.3, -0.25) is 4.21 Å². The highest BCUT2D eigenvalue weighted by Crippen LogP contribution is 2.20. The molecule has 0 unspecified atom stereocenters. The first kappa shape index (κ1) is 12.4. The zero-order valence-electron chi connectivity index (χ0n) is 9.19. The maximum atomic E-state index is 13.7. The summed E-state index contributed by atoms with van der Waals surface area (Å²) in [6.45, 7) is 1.39. The normalized spacial score (nSPS) is 17.1. The van der Waals surface area contributed by atoms with Gasteiger partial charge in [0.15, 0.2) is 0 Å². The number of thiocarbonyl (C=S) groups is 1. The van der Waals surface area contributed by atoms with Crippen LogP contribution < -0.4 is 10.6 Å². The van der Waals surface area contributed by atoms with Crippen LogP contribution in [0.15, 0.2) is 18.2 Å². The molecule has 1 aromatic carbocycles. The molecule has 0 amide bonds. The summed E-state index contributed by atoms with van der Waals surface area (Å²) < 4.78 is 24.9. The van der Waals surface area contributed by atoms with Gasteiger partial charge in [-0.05, 0) is 18.2 Å². The highest BCUT2D eigenvalue weighted by molar-refractivity contribution is 7.85. The Labute approximate surface area is 107 Å². The summed E-state index contributed by atoms with van der Waals surface area (Å²) in [6.07, 6.45) is 0. The molecule has 0 aromatic heterocycles. The Morgan fingerprint density at radius 1 is 1.41 bits per heavy atom. The Hall–Kier alpha value is -1.01. The number of benzene rings is 1. The molecule has 2 rings (SSSR count). The summed E-state index contributed by atoms with van der Waals surface area (Å²) in [4.78, 5) is 2.09. The summed E-state index contributed by atoms with van der Waals surface area (Å²) in [5.74, 6) is 0.874. The van der Waals surface area contributed by atoms with Crippen molar-refractivity contribution >= 4 is 33.7 Å². The van der Waals surface area contributed by atoms with Crippen LogP contribution in [0.3, 0.4) is 0 Å². The third kappa shape index (κ3) is 2.81. The van der Waals surface area contributed by atoms with E-state index in [0.29, 0.717) is 24.6 Å². The molecule has 0 radical (unpaired) electrons. The molecule has 0 bridgehead atoms. The monoisotopic (exact) mass is 272 g/mol. The van der Waals surface area contributed by atoms with Crippen molar-refractivity contribution < 1.29 is 8.60 Å². The van der Waals surface area contributed by atoms with E-state index in [1.807, 2.05) is 4.90 Å². The summed E-state index contributed by atoms with van der Waals surface area (Å²) in [5.41, 5.74) is 6.46. The van der Waals surface area contributed by atoms with Gasteiger partial charge in [0.05, 0.1) is 0 Å². The van der Waals surface area contributed by atoms with Gasteiger partial charge in [-0.2, -0.15) is 0 Å². The van der Waals surface area contributed by atoms with Crippen LogP contribution in [0, 0.1) is 5.82 Å². The lowest BCUT2D eigenvalue weighted by Gasteiger charge is -2.28. The number of nitrogens with zero attached hydrogens (tertiary/aromatic N) is 1. The average Bonchev–Trinajstić information content (AvgIpc) is 2.29. The molecule has 0 atom stereocenters. The van der Waals surface area contributed by atoms with E-state index in [0.717, 1.165) is 5.69 Å². The van der Waals surface area contributed by atoms with Crippen molar-refractivity contribution in [2.75, 3.05) is 29.5 Å². The van der Waals surface area contributed by atoms with Crippen molar-refractivity contribution in [3.8, 4) is 0 Å². The zero-order valence-corrected chi connectivity index (χ0v) is 10.8. The molecule has 0 saturated carbocycles. The number of rotatable bonds is 2. The number of anilines is 1. The van der Waals surface area contributed by atoms with Crippen LogP contribution >= 0.6 is 12.2 Å². The molecule has 3 nitrogen and oxygen atoms in total. The number of halogens is 1. The highest BCUT2D eigenvalue weighted by atomic mass is 32.2. The average molecular weight is 272 g/mol. The van der Waals surface area contributed by atoms with Crippen LogP contribution in [0.2, 0.25) is 0 Å². The second kappa shape index (κ2) is 5.10. The van der Waals surface area contributed by atoms with Gasteiger partial charge >= 0.3 is 0 Å². The molecular weight excluding hydrogens is 259 g/mol. The third-order valence-corrected chi connectivity index (χ3v) is 4.26. The minimum Gasteiger partial charge on any atom is -0.389 e. The predicted octanol–water partition coefficient (Wildman–Crippen LogP) is 1.03. The fourth-order valence-corrected chi connectivity index (χ4v) is 3.01. The van der Waals surface area contributed by atoms with Gasteiger partial charge in [-0.25, -0.2) is 4.39 Å². The van der Waals surface area contributed by atoms with Crippen molar-refractivity contribution in [2.45, 2.75) is 0 Å². The predicted molar refractivity (Wildman–Crippen MR) is 72.4 cm³/mol. The second-order valence-electron chi connectivity index (χ2n) is 3.86. The summed E-state index contributed by atoms with van der Waals surface area (Å²) in [7, 11) is -0.728. The fourth-order valence-electron chi connectivity index (χ4n) is 1.80. The number of hydrogen-bond donors (Lipinski definition) is 1. The van der Waals surface area contributed by atoms with E-state index in [1.165, 1.54) is 6.07 Å². The lowest BCUT2D eigenvalue weighted by Crippen LogP contribution is -2.37. The smallest absolute Gasteiger partial charge is 0.135 e. The Kier molecular flexibility index (Phi) is 3.73. The SMILES string of the molecule is NC(=S)c1ccc(N2CCS(=O)CC2)cc1F. The molecule has 17 heavy (non-hydrogen) atoms. The molecule has 1 aromatic rings. The first-order valence-corrected chi connectivity index (χ1v) is 7.17. The van der Waals surface area contributed by atoms with Gasteiger partial charge in [0.2, 0.25) is 0 Å². The fraction of sp³-hybridized carbons (Fsp3) is 0.364. The Morgan fingerprint density at radius 3 is 2.59 bits per heavy atom. The molecule has 1 fully saturated rings. The zero-order chi connectivity index (χ0) is 12.4. The van der Waals surface area contributed by atoms with Crippen molar-refractivity contribution in [2.24, 2.45) is 5.73 Å². The molecule has 1 aliphatic rings. The van der Waals surface area contributed by atoms with Gasteiger partial charge in [0, 0.05) is 46.6 Å². The lowest BCUT2D eigenvalue weighted by atomic mass is 10.2. The van der Waals surface area contributed by atoms with E-state index in [2.05, 4.69) is 0 Å². The van der Waals surface area contributed by atoms with E-state index in [-0.39, 0.29) is 10.6 Å². The molecule has 2 N–H and O–H groups in total. The van der Waals surface area contributed by atoms with Crippen molar-refractivity contribution in [3.05, 3.63) is 29.6 Å². The van der Waals surface area contributed by atoms with E-state index in [1.54, 1.807) is 12.1 Å². The highest BCUT2D eigenvalue weighted by Gasteiger charge is 2.16. The van der Waals surface area contributed by atoms with E-state index in [9.17, 15) is 8.60 Å². The topological polar surface area (TPSA) is 46.3 Å². The van der Waals surface area contributed by atoms with Crippen LogP contribution in [0.5, 0.6) is 0 Å². The van der Waals surface area contributed by atoms with E-state index < -0.39 is 16.6 Å². The molecule has 0 spiro atoms. The quantitative estimate of drug-likeness (QED) is 0.817. The molecule has 1 heterocycles. The third-order valence-electron chi connectivity index (χ3n) is 2.76. The largest absolute Gasteiger partial charge is 0.389 e. The van der Waals surface area contributed by atoms with Crippen molar-refractivity contribution in [1.29, 1.82) is 0 Å². The molecule has 6 heteroatoms. The molecule has 0 aliphatic carbocycles. The lowest BCUT2D eigenvalue weighted by molar-refractivity contribution is 0.624. The van der Waals surface area contributed by atoms with Gasteiger partial charge in [-0.1, -0.05) is 12.2 Å². The Balaban J connectivity index is 2.20. The first-order chi connectivity index (χ1) is 8.08. The van der Waals surface area contributed by atoms with Crippen LogP contribution in [0.4, 0.5) is 10.1 Å². The van der Waals surface area contributed by atoms with Gasteiger partial charge in [-0.15, -0.1) is 0 Å². The Bertz CT molecular complexity index is 469. The maximum absolute atomic E-state index is 13.7. The van der Waals surface area contributed by atoms with E-state index >= 15 is 0 Å². The van der Waals surface area contributed by atoms with Crippen LogP contribution in [0.1, 0.15) is 5.56 Å². The molecule has 92 valence electrons. The Morgan fingerprint density at radius 2 is 2.06 bits per heavy atom. The van der Waals surface area contributed by atoms with Gasteiger partial charge in [0.1, 0.15) is 10.8 Å². The number of nitrogens with two attached hydrogens (primary N) is 1. The summed E-state index contributed by atoms with van der Waals surface area (Å²) >= 11 is 4.75. The molecule has 1 aliphatic heterocycles. The summed E-state index contributed by atoms with van der Waals surface area (Å²) in [6, 6.07) is 4.83.